The van der Waals surface area contributed by atoms with Gasteiger partial charge in [0.25, 0.3) is 0 Å². The zero-order chi connectivity index (χ0) is 11.6. The van der Waals surface area contributed by atoms with Gasteiger partial charge in [0.05, 0.1) is 5.38 Å². The van der Waals surface area contributed by atoms with Gasteiger partial charge in [-0.05, 0) is 25.0 Å². The van der Waals surface area contributed by atoms with E-state index in [2.05, 4.69) is 0 Å². The van der Waals surface area contributed by atoms with Crippen LogP contribution >= 0.6 is 11.6 Å². The first-order chi connectivity index (χ1) is 6.93. The van der Waals surface area contributed by atoms with Crippen LogP contribution in [0.5, 0.6) is 0 Å². The highest BCUT2D eigenvalue weighted by atomic mass is 35.5. The fourth-order valence-electron chi connectivity index (χ4n) is 1.06. The predicted molar refractivity (Wildman–Crippen MR) is 50.3 cm³/mol. The van der Waals surface area contributed by atoms with E-state index in [-0.39, 0.29) is 17.8 Å². The van der Waals surface area contributed by atoms with Gasteiger partial charge in [0, 0.05) is 0 Å². The molecule has 1 atom stereocenters. The molecule has 82 valence electrons. The van der Waals surface area contributed by atoms with E-state index in [0.29, 0.717) is 0 Å². The third-order valence-electron chi connectivity index (χ3n) is 1.96. The lowest BCUT2D eigenvalue weighted by Crippen LogP contribution is -2.14. The van der Waals surface area contributed by atoms with Gasteiger partial charge in [0.15, 0.2) is 17.5 Å². The minimum atomic E-state index is -1.54. The van der Waals surface area contributed by atoms with Crippen LogP contribution in [-0.4, -0.2) is 11.2 Å². The van der Waals surface area contributed by atoms with Crippen LogP contribution in [0.3, 0.4) is 0 Å². The van der Waals surface area contributed by atoms with Crippen LogP contribution in [0.2, 0.25) is 0 Å². The molecule has 1 nitrogen and oxygen atoms in total. The number of ketones is 1. The van der Waals surface area contributed by atoms with Crippen molar-refractivity contribution < 1.29 is 18.0 Å². The molecule has 0 saturated heterocycles. The Labute approximate surface area is 89.9 Å². The molecular formula is C10H8ClF3O. The first kappa shape index (κ1) is 12.0. The molecule has 0 amide bonds. The number of alkyl halides is 1. The molecule has 0 aromatic heterocycles. The van der Waals surface area contributed by atoms with Crippen molar-refractivity contribution >= 4 is 17.4 Å². The molecule has 1 rings (SSSR count). The summed E-state index contributed by atoms with van der Waals surface area (Å²) in [5.41, 5.74) is -0.107. The summed E-state index contributed by atoms with van der Waals surface area (Å²) in [4.78, 5) is 10.8. The summed E-state index contributed by atoms with van der Waals surface area (Å²) >= 11 is 5.58. The summed E-state index contributed by atoms with van der Waals surface area (Å²) in [6, 6.07) is 1.88. The van der Waals surface area contributed by atoms with E-state index in [1.807, 2.05) is 0 Å². The average molecular weight is 237 g/mol. The molecule has 15 heavy (non-hydrogen) atoms. The van der Waals surface area contributed by atoms with Crippen molar-refractivity contribution in [1.29, 1.82) is 0 Å². The number of hydrogen-bond acceptors (Lipinski definition) is 1. The first-order valence-electron chi connectivity index (χ1n) is 4.20. The fraction of sp³-hybridized carbons (Fsp3) is 0.300. The van der Waals surface area contributed by atoms with E-state index in [9.17, 15) is 18.0 Å². The Morgan fingerprint density at radius 2 is 1.93 bits per heavy atom. The van der Waals surface area contributed by atoms with E-state index >= 15 is 0 Å². The third-order valence-corrected chi connectivity index (χ3v) is 2.42. The summed E-state index contributed by atoms with van der Waals surface area (Å²) in [5, 5.41) is -0.927. The maximum atomic E-state index is 13.1. The topological polar surface area (TPSA) is 17.1 Å². The van der Waals surface area contributed by atoms with Gasteiger partial charge in [-0.2, -0.15) is 0 Å². The SMILES string of the molecule is CC(=O)C(Cl)Cc1ccc(F)c(F)c1F. The molecule has 0 radical (unpaired) electrons. The van der Waals surface area contributed by atoms with E-state index in [1.165, 1.54) is 6.92 Å². The molecule has 0 bridgehead atoms. The molecule has 5 heteroatoms. The lowest BCUT2D eigenvalue weighted by atomic mass is 10.1. The summed E-state index contributed by atoms with van der Waals surface area (Å²) < 4.78 is 38.4. The van der Waals surface area contributed by atoms with Gasteiger partial charge in [0.1, 0.15) is 5.78 Å². The normalized spacial score (nSPS) is 12.6. The monoisotopic (exact) mass is 236 g/mol. The van der Waals surface area contributed by atoms with Crippen LogP contribution in [0.15, 0.2) is 12.1 Å². The quantitative estimate of drug-likeness (QED) is 0.583. The van der Waals surface area contributed by atoms with Crippen LogP contribution in [0, 0.1) is 17.5 Å². The Bertz CT molecular complexity index is 392. The van der Waals surface area contributed by atoms with Crippen molar-refractivity contribution in [2.45, 2.75) is 18.7 Å². The molecule has 0 aliphatic heterocycles. The van der Waals surface area contributed by atoms with Crippen molar-refractivity contribution in [3.8, 4) is 0 Å². The van der Waals surface area contributed by atoms with Gasteiger partial charge in [-0.15, -0.1) is 11.6 Å². The van der Waals surface area contributed by atoms with Crippen LogP contribution in [-0.2, 0) is 11.2 Å². The number of benzene rings is 1. The maximum Gasteiger partial charge on any atom is 0.194 e. The Balaban J connectivity index is 2.97. The minimum Gasteiger partial charge on any atom is -0.298 e. The second-order valence-electron chi connectivity index (χ2n) is 3.12. The van der Waals surface area contributed by atoms with Crippen molar-refractivity contribution in [1.82, 2.24) is 0 Å². The molecule has 0 saturated carbocycles. The summed E-state index contributed by atoms with van der Waals surface area (Å²) in [5.74, 6) is -4.44. The lowest BCUT2D eigenvalue weighted by Gasteiger charge is -2.07. The van der Waals surface area contributed by atoms with Crippen molar-refractivity contribution in [2.75, 3.05) is 0 Å². The Morgan fingerprint density at radius 1 is 1.33 bits per heavy atom. The summed E-state index contributed by atoms with van der Waals surface area (Å²) in [6.07, 6.45) is -0.153. The fourth-order valence-corrected chi connectivity index (χ4v) is 1.23. The van der Waals surface area contributed by atoms with Crippen molar-refractivity contribution in [3.63, 3.8) is 0 Å². The molecular weight excluding hydrogens is 229 g/mol. The van der Waals surface area contributed by atoms with Gasteiger partial charge in [-0.1, -0.05) is 6.07 Å². The van der Waals surface area contributed by atoms with Crippen LogP contribution < -0.4 is 0 Å². The summed E-state index contributed by atoms with van der Waals surface area (Å²) in [7, 11) is 0. The highest BCUT2D eigenvalue weighted by molar-refractivity contribution is 6.30. The number of Topliss-reactive ketones (excluding diaryl/α,β-unsaturated/α-hetero) is 1. The summed E-state index contributed by atoms with van der Waals surface area (Å²) in [6.45, 7) is 1.25. The Kier molecular flexibility index (Phi) is 3.74. The molecule has 0 aliphatic rings. The number of carbonyl (C=O) groups excluding carboxylic acids is 1. The van der Waals surface area contributed by atoms with Crippen LogP contribution in [0.1, 0.15) is 12.5 Å². The lowest BCUT2D eigenvalue weighted by molar-refractivity contribution is -0.116. The van der Waals surface area contributed by atoms with E-state index < -0.39 is 22.8 Å². The Hall–Kier alpha value is -1.03. The van der Waals surface area contributed by atoms with Crippen molar-refractivity contribution in [3.05, 3.63) is 35.1 Å². The number of rotatable bonds is 3. The van der Waals surface area contributed by atoms with Gasteiger partial charge in [0.2, 0.25) is 0 Å². The van der Waals surface area contributed by atoms with Gasteiger partial charge in [-0.25, -0.2) is 13.2 Å². The van der Waals surface area contributed by atoms with Gasteiger partial charge in [-0.3, -0.25) is 4.79 Å². The highest BCUT2D eigenvalue weighted by Crippen LogP contribution is 2.18. The number of hydrogen-bond donors (Lipinski definition) is 0. The van der Waals surface area contributed by atoms with E-state index in [1.54, 1.807) is 0 Å². The molecule has 0 N–H and O–H groups in total. The predicted octanol–water partition coefficient (Wildman–Crippen LogP) is 2.84. The molecule has 0 fully saturated rings. The third kappa shape index (κ3) is 2.72. The largest absolute Gasteiger partial charge is 0.298 e. The highest BCUT2D eigenvalue weighted by Gasteiger charge is 2.18. The zero-order valence-corrected chi connectivity index (χ0v) is 8.62. The molecule has 0 aliphatic carbocycles. The van der Waals surface area contributed by atoms with Gasteiger partial charge < -0.3 is 0 Å². The second kappa shape index (κ2) is 4.66. The number of halogens is 4. The second-order valence-corrected chi connectivity index (χ2v) is 3.64. The molecule has 1 aromatic carbocycles. The van der Waals surface area contributed by atoms with Crippen LogP contribution in [0.4, 0.5) is 13.2 Å². The molecule has 0 heterocycles. The standard InChI is InChI=1S/C10H8ClF3O/c1-5(15)7(11)4-6-2-3-8(12)10(14)9(6)13/h2-3,7H,4H2,1H3. The zero-order valence-electron chi connectivity index (χ0n) is 7.86. The minimum absolute atomic E-state index is 0.107. The van der Waals surface area contributed by atoms with E-state index in [0.717, 1.165) is 12.1 Å². The average Bonchev–Trinajstić information content (AvgIpc) is 2.18. The molecule has 1 aromatic rings. The van der Waals surface area contributed by atoms with Gasteiger partial charge >= 0.3 is 0 Å². The molecule has 1 unspecified atom stereocenters. The van der Waals surface area contributed by atoms with Crippen LogP contribution in [0.25, 0.3) is 0 Å². The maximum absolute atomic E-state index is 13.1. The Morgan fingerprint density at radius 3 is 2.47 bits per heavy atom. The smallest absolute Gasteiger partial charge is 0.194 e. The van der Waals surface area contributed by atoms with Crippen molar-refractivity contribution in [2.24, 2.45) is 0 Å². The first-order valence-corrected chi connectivity index (χ1v) is 4.64. The molecule has 0 spiro atoms. The number of carbonyl (C=O) groups is 1. The van der Waals surface area contributed by atoms with E-state index in [4.69, 9.17) is 11.6 Å².